The molecule has 0 aliphatic heterocycles. The zero-order chi connectivity index (χ0) is 6.24. The van der Waals surface area contributed by atoms with E-state index in [1.54, 1.807) is 0 Å². The van der Waals surface area contributed by atoms with Crippen molar-refractivity contribution < 1.29 is 0 Å². The molecule has 0 rings (SSSR count). The molecule has 0 heterocycles. The van der Waals surface area contributed by atoms with Gasteiger partial charge in [0.25, 0.3) is 0 Å². The summed E-state index contributed by atoms with van der Waals surface area (Å²) in [4.78, 5) is 4.00. The van der Waals surface area contributed by atoms with Gasteiger partial charge in [-0.15, -0.1) is 0 Å². The predicted octanol–water partition coefficient (Wildman–Crippen LogP) is 2.04. The number of aliphatic imine (C=N–C) groups is 1. The molecule has 0 amide bonds. The maximum absolute atomic E-state index is 4.00. The average Bonchev–Trinajstić information content (AvgIpc) is 1.81. The Morgan fingerprint density at radius 1 is 1.38 bits per heavy atom. The molecule has 0 radical (unpaired) electrons. The Morgan fingerprint density at radius 2 is 2.12 bits per heavy atom. The summed E-state index contributed by atoms with van der Waals surface area (Å²) in [6.07, 6.45) is 6.99. The zero-order valence-electron chi connectivity index (χ0n) is 5.59. The van der Waals surface area contributed by atoms with Crippen molar-refractivity contribution >= 4 is 6.21 Å². The van der Waals surface area contributed by atoms with Crippen molar-refractivity contribution in [1.82, 2.24) is 0 Å². The summed E-state index contributed by atoms with van der Waals surface area (Å²) in [6, 6.07) is 0. The summed E-state index contributed by atoms with van der Waals surface area (Å²) < 4.78 is 0. The highest BCUT2D eigenvalue weighted by Gasteiger charge is 1.61. The highest BCUT2D eigenvalue weighted by Crippen LogP contribution is 1.75. The number of hydrogen-bond donors (Lipinski definition) is 0. The average molecular weight is 111 g/mol. The predicted molar refractivity (Wildman–Crippen MR) is 38.5 cm³/mol. The molecule has 1 heteroatoms. The minimum Gasteiger partial charge on any atom is -0.293 e. The van der Waals surface area contributed by atoms with E-state index < -0.39 is 0 Å². The van der Waals surface area contributed by atoms with E-state index in [1.807, 2.05) is 19.2 Å². The lowest BCUT2D eigenvalue weighted by Crippen LogP contribution is -1.67. The van der Waals surface area contributed by atoms with E-state index in [-0.39, 0.29) is 0 Å². The summed E-state index contributed by atoms with van der Waals surface area (Å²) in [6.45, 7) is 5.01. The summed E-state index contributed by atoms with van der Waals surface area (Å²) in [5, 5.41) is 0. The fourth-order valence-corrected chi connectivity index (χ4v) is 0.363. The molecule has 0 fully saturated rings. The molecule has 0 bridgehead atoms. The van der Waals surface area contributed by atoms with Crippen LogP contribution in [0.4, 0.5) is 0 Å². The van der Waals surface area contributed by atoms with Crippen LogP contribution in [-0.4, -0.2) is 12.8 Å². The van der Waals surface area contributed by atoms with Crippen LogP contribution >= 0.6 is 0 Å². The Morgan fingerprint density at radius 3 is 2.62 bits per heavy atom. The third-order valence-corrected chi connectivity index (χ3v) is 0.746. The standard InChI is InChI=1S/C7H13N/c1-3-5-6-7-8-4-2/h5-7H,3-4H2,1-2H3. The lowest BCUT2D eigenvalue weighted by molar-refractivity contribution is 1.14. The molecule has 0 unspecified atom stereocenters. The van der Waals surface area contributed by atoms with Crippen LogP contribution in [0, 0.1) is 0 Å². The first-order chi connectivity index (χ1) is 3.91. The van der Waals surface area contributed by atoms with Gasteiger partial charge in [0.2, 0.25) is 0 Å². The van der Waals surface area contributed by atoms with Crippen molar-refractivity contribution in [1.29, 1.82) is 0 Å². The Labute approximate surface area is 51.1 Å². The van der Waals surface area contributed by atoms with Crippen molar-refractivity contribution in [2.45, 2.75) is 20.3 Å². The maximum atomic E-state index is 4.00. The molecule has 1 nitrogen and oxygen atoms in total. The van der Waals surface area contributed by atoms with E-state index in [4.69, 9.17) is 0 Å². The van der Waals surface area contributed by atoms with E-state index in [2.05, 4.69) is 18.0 Å². The van der Waals surface area contributed by atoms with Crippen molar-refractivity contribution in [2.75, 3.05) is 6.54 Å². The van der Waals surface area contributed by atoms with Crippen LogP contribution in [0.5, 0.6) is 0 Å². The van der Waals surface area contributed by atoms with Crippen LogP contribution in [0.2, 0.25) is 0 Å². The van der Waals surface area contributed by atoms with Gasteiger partial charge in [-0.1, -0.05) is 13.0 Å². The zero-order valence-corrected chi connectivity index (χ0v) is 5.59. The molecular formula is C7H13N. The van der Waals surface area contributed by atoms with Gasteiger partial charge < -0.3 is 0 Å². The van der Waals surface area contributed by atoms with Crippen molar-refractivity contribution in [3.05, 3.63) is 12.2 Å². The van der Waals surface area contributed by atoms with Crippen molar-refractivity contribution in [2.24, 2.45) is 4.99 Å². The van der Waals surface area contributed by atoms with Crippen LogP contribution in [0.25, 0.3) is 0 Å². The third-order valence-electron chi connectivity index (χ3n) is 0.746. The Hall–Kier alpha value is -0.590. The van der Waals surface area contributed by atoms with Gasteiger partial charge in [-0.05, 0) is 19.4 Å². The molecule has 0 spiro atoms. The van der Waals surface area contributed by atoms with Gasteiger partial charge in [-0.25, -0.2) is 0 Å². The molecule has 0 aromatic heterocycles. The van der Waals surface area contributed by atoms with E-state index >= 15 is 0 Å². The highest BCUT2D eigenvalue weighted by molar-refractivity contribution is 5.70. The molecule has 0 saturated heterocycles. The molecule has 0 aromatic carbocycles. The molecule has 0 aromatic rings. The minimum absolute atomic E-state index is 0.883. The van der Waals surface area contributed by atoms with Crippen LogP contribution in [0.3, 0.4) is 0 Å². The number of nitrogens with zero attached hydrogens (tertiary/aromatic N) is 1. The normalized spacial score (nSPS) is 11.8. The number of allylic oxidation sites excluding steroid dienone is 2. The molecule has 0 atom stereocenters. The monoisotopic (exact) mass is 111 g/mol. The van der Waals surface area contributed by atoms with Crippen LogP contribution in [0.1, 0.15) is 20.3 Å². The second kappa shape index (κ2) is 6.41. The lowest BCUT2D eigenvalue weighted by Gasteiger charge is -1.75. The topological polar surface area (TPSA) is 12.4 Å². The van der Waals surface area contributed by atoms with Gasteiger partial charge in [0.1, 0.15) is 0 Å². The first kappa shape index (κ1) is 7.41. The molecule has 0 saturated carbocycles. The quantitative estimate of drug-likeness (QED) is 0.494. The molecule has 0 N–H and O–H groups in total. The van der Waals surface area contributed by atoms with E-state index in [0.29, 0.717) is 0 Å². The SMILES string of the molecule is CCC=CC=NCC. The summed E-state index contributed by atoms with van der Waals surface area (Å²) in [5.41, 5.74) is 0. The van der Waals surface area contributed by atoms with Gasteiger partial charge in [0.05, 0.1) is 0 Å². The first-order valence-electron chi connectivity index (χ1n) is 3.06. The van der Waals surface area contributed by atoms with Gasteiger partial charge in [0, 0.05) is 12.8 Å². The second-order valence-electron chi connectivity index (χ2n) is 1.48. The molecule has 8 heavy (non-hydrogen) atoms. The smallest absolute Gasteiger partial charge is 0.0360 e. The Kier molecular flexibility index (Phi) is 5.94. The van der Waals surface area contributed by atoms with E-state index in [1.165, 1.54) is 0 Å². The minimum atomic E-state index is 0.883. The fourth-order valence-electron chi connectivity index (χ4n) is 0.363. The maximum Gasteiger partial charge on any atom is 0.0360 e. The third kappa shape index (κ3) is 5.41. The van der Waals surface area contributed by atoms with Gasteiger partial charge in [-0.2, -0.15) is 0 Å². The molecule has 0 aliphatic carbocycles. The number of rotatable bonds is 3. The van der Waals surface area contributed by atoms with E-state index in [0.717, 1.165) is 13.0 Å². The van der Waals surface area contributed by atoms with Gasteiger partial charge >= 0.3 is 0 Å². The Balaban J connectivity index is 3.13. The largest absolute Gasteiger partial charge is 0.293 e. The van der Waals surface area contributed by atoms with Crippen molar-refractivity contribution in [3.8, 4) is 0 Å². The summed E-state index contributed by atoms with van der Waals surface area (Å²) >= 11 is 0. The summed E-state index contributed by atoms with van der Waals surface area (Å²) in [7, 11) is 0. The lowest BCUT2D eigenvalue weighted by atomic mass is 10.4. The van der Waals surface area contributed by atoms with Crippen LogP contribution < -0.4 is 0 Å². The van der Waals surface area contributed by atoms with Gasteiger partial charge in [0.15, 0.2) is 0 Å². The van der Waals surface area contributed by atoms with Crippen molar-refractivity contribution in [3.63, 3.8) is 0 Å². The molecule has 0 aliphatic rings. The van der Waals surface area contributed by atoms with Crippen LogP contribution in [0.15, 0.2) is 17.1 Å². The Bertz CT molecular complexity index is 70.4. The van der Waals surface area contributed by atoms with Gasteiger partial charge in [-0.3, -0.25) is 4.99 Å². The molecule has 46 valence electrons. The van der Waals surface area contributed by atoms with E-state index in [9.17, 15) is 0 Å². The van der Waals surface area contributed by atoms with Crippen LogP contribution in [-0.2, 0) is 0 Å². The second-order valence-corrected chi connectivity index (χ2v) is 1.48. The fraction of sp³-hybridized carbons (Fsp3) is 0.571. The highest BCUT2D eigenvalue weighted by atomic mass is 14.7. The first-order valence-corrected chi connectivity index (χ1v) is 3.06. The number of hydrogen-bond acceptors (Lipinski definition) is 1. The summed E-state index contributed by atoms with van der Waals surface area (Å²) in [5.74, 6) is 0. The molecular weight excluding hydrogens is 98.1 g/mol.